The number of fused-ring (bicyclic) bond motifs is 1. The topological polar surface area (TPSA) is 89.0 Å². The van der Waals surface area contributed by atoms with Crippen LogP contribution in [-0.4, -0.2) is 43.8 Å². The van der Waals surface area contributed by atoms with Crippen molar-refractivity contribution in [1.82, 2.24) is 24.2 Å². The van der Waals surface area contributed by atoms with Crippen LogP contribution in [0.5, 0.6) is 5.75 Å². The van der Waals surface area contributed by atoms with Gasteiger partial charge in [0.05, 0.1) is 25.0 Å². The van der Waals surface area contributed by atoms with Crippen LogP contribution in [0.1, 0.15) is 32.9 Å². The molecule has 4 heterocycles. The zero-order chi connectivity index (χ0) is 24.5. The second-order valence-corrected chi connectivity index (χ2v) is 8.85. The maximum Gasteiger partial charge on any atom is 0.254 e. The zero-order valence-electron chi connectivity index (χ0n) is 20.2. The van der Waals surface area contributed by atoms with Crippen molar-refractivity contribution >= 4 is 5.91 Å². The van der Waals surface area contributed by atoms with Crippen LogP contribution < -0.4 is 10.2 Å². The van der Waals surface area contributed by atoms with Gasteiger partial charge < -0.3 is 14.2 Å². The number of nitrogens with one attached hydrogen (secondary N) is 1. The number of amides is 1. The summed E-state index contributed by atoms with van der Waals surface area (Å²) in [6, 6.07) is 13.3. The number of ether oxygens (including phenoxy) is 1. The summed E-state index contributed by atoms with van der Waals surface area (Å²) >= 11 is 0. The number of aromatic nitrogens is 4. The minimum atomic E-state index is -0.00956. The SMILES string of the molecule is COc1ccnc(CN2CCc3c(cc(Cn4ccccc4=N)cc3-c3cn(C)nc3C)C2=O)c1. The number of carbonyl (C=O) groups excluding carboxylic acids is 1. The zero-order valence-corrected chi connectivity index (χ0v) is 20.2. The number of benzene rings is 1. The Kier molecular flexibility index (Phi) is 5.94. The predicted molar refractivity (Wildman–Crippen MR) is 132 cm³/mol. The molecule has 1 aromatic carbocycles. The third kappa shape index (κ3) is 4.47. The van der Waals surface area contributed by atoms with E-state index in [2.05, 4.69) is 16.1 Å². The average molecular weight is 469 g/mol. The van der Waals surface area contributed by atoms with Crippen LogP contribution in [0, 0.1) is 12.3 Å². The minimum Gasteiger partial charge on any atom is -0.497 e. The standard InChI is InChI=1S/C27H28N6O2/c1-18-25(17-31(2)30-18)23-12-19(15-32-10-5-4-6-26(32)28)13-24-22(23)8-11-33(27(24)34)16-20-14-21(35-3)7-9-29-20/h4-7,9-10,12-14,17,28H,8,11,15-16H2,1-3H3. The van der Waals surface area contributed by atoms with Gasteiger partial charge in [-0.3, -0.25) is 19.9 Å². The Hall–Kier alpha value is -4.20. The molecule has 0 atom stereocenters. The lowest BCUT2D eigenvalue weighted by atomic mass is 9.88. The third-order valence-corrected chi connectivity index (χ3v) is 6.43. The van der Waals surface area contributed by atoms with E-state index in [9.17, 15) is 4.79 Å². The Morgan fingerprint density at radius 1 is 1.09 bits per heavy atom. The number of hydrogen-bond donors (Lipinski definition) is 1. The molecule has 4 aromatic rings. The molecule has 0 saturated carbocycles. The largest absolute Gasteiger partial charge is 0.497 e. The Balaban J connectivity index is 1.56. The summed E-state index contributed by atoms with van der Waals surface area (Å²) in [6.07, 6.45) is 6.35. The van der Waals surface area contributed by atoms with Crippen molar-refractivity contribution in [2.75, 3.05) is 13.7 Å². The van der Waals surface area contributed by atoms with Gasteiger partial charge in [0, 0.05) is 55.9 Å². The van der Waals surface area contributed by atoms with Crippen molar-refractivity contribution in [2.24, 2.45) is 7.05 Å². The Bertz CT molecular complexity index is 1470. The second kappa shape index (κ2) is 9.21. The highest BCUT2D eigenvalue weighted by Crippen LogP contribution is 2.34. The van der Waals surface area contributed by atoms with Crippen molar-refractivity contribution in [3.8, 4) is 16.9 Å². The fourth-order valence-corrected chi connectivity index (χ4v) is 4.73. The van der Waals surface area contributed by atoms with Crippen LogP contribution >= 0.6 is 0 Å². The molecule has 3 aromatic heterocycles. The highest BCUT2D eigenvalue weighted by molar-refractivity contribution is 5.99. The molecule has 0 bridgehead atoms. The summed E-state index contributed by atoms with van der Waals surface area (Å²) in [5.74, 6) is 0.715. The summed E-state index contributed by atoms with van der Waals surface area (Å²) in [6.45, 7) is 3.53. The van der Waals surface area contributed by atoms with Crippen molar-refractivity contribution in [2.45, 2.75) is 26.4 Å². The van der Waals surface area contributed by atoms with Crippen LogP contribution in [0.3, 0.4) is 0 Å². The normalized spacial score (nSPS) is 13.1. The number of carbonyl (C=O) groups is 1. The summed E-state index contributed by atoms with van der Waals surface area (Å²) in [5, 5.41) is 12.8. The first-order valence-corrected chi connectivity index (χ1v) is 11.6. The Morgan fingerprint density at radius 2 is 1.91 bits per heavy atom. The van der Waals surface area contributed by atoms with Crippen molar-refractivity contribution in [1.29, 1.82) is 5.41 Å². The van der Waals surface area contributed by atoms with Crippen molar-refractivity contribution in [3.63, 3.8) is 0 Å². The lowest BCUT2D eigenvalue weighted by molar-refractivity contribution is 0.0725. The van der Waals surface area contributed by atoms with Gasteiger partial charge in [-0.2, -0.15) is 5.10 Å². The maximum absolute atomic E-state index is 13.7. The van der Waals surface area contributed by atoms with Crippen LogP contribution in [0.2, 0.25) is 0 Å². The van der Waals surface area contributed by atoms with Crippen LogP contribution in [0.4, 0.5) is 0 Å². The number of aryl methyl sites for hydroxylation is 2. The van der Waals surface area contributed by atoms with E-state index in [0.29, 0.717) is 30.7 Å². The molecule has 0 unspecified atom stereocenters. The molecule has 0 fully saturated rings. The number of rotatable bonds is 6. The average Bonchev–Trinajstić information content (AvgIpc) is 3.20. The molecule has 8 heteroatoms. The molecule has 35 heavy (non-hydrogen) atoms. The van der Waals surface area contributed by atoms with Gasteiger partial charge in [0.25, 0.3) is 5.91 Å². The minimum absolute atomic E-state index is 0.00956. The number of pyridine rings is 2. The quantitative estimate of drug-likeness (QED) is 0.470. The number of hydrogen-bond acceptors (Lipinski definition) is 5. The molecule has 1 aliphatic heterocycles. The van der Waals surface area contributed by atoms with Gasteiger partial charge in [-0.05, 0) is 60.4 Å². The molecule has 8 nitrogen and oxygen atoms in total. The van der Waals surface area contributed by atoms with Crippen molar-refractivity contribution < 1.29 is 9.53 Å². The van der Waals surface area contributed by atoms with E-state index in [-0.39, 0.29) is 5.91 Å². The number of nitrogens with zero attached hydrogens (tertiary/aromatic N) is 5. The molecular formula is C27H28N6O2. The molecule has 0 spiro atoms. The van der Waals surface area contributed by atoms with Gasteiger partial charge >= 0.3 is 0 Å². The first kappa shape index (κ1) is 22.6. The van der Waals surface area contributed by atoms with Gasteiger partial charge in [-0.25, -0.2) is 0 Å². The Morgan fingerprint density at radius 3 is 2.66 bits per heavy atom. The molecule has 0 aliphatic carbocycles. The van der Waals surface area contributed by atoms with Crippen molar-refractivity contribution in [3.05, 3.63) is 94.6 Å². The monoisotopic (exact) mass is 468 g/mol. The second-order valence-electron chi connectivity index (χ2n) is 8.85. The van der Waals surface area contributed by atoms with Gasteiger partial charge in [0.15, 0.2) is 0 Å². The smallest absolute Gasteiger partial charge is 0.254 e. The molecule has 1 amide bonds. The molecular weight excluding hydrogens is 440 g/mol. The van der Waals surface area contributed by atoms with Gasteiger partial charge in [0.2, 0.25) is 0 Å². The van der Waals surface area contributed by atoms with E-state index < -0.39 is 0 Å². The summed E-state index contributed by atoms with van der Waals surface area (Å²) in [4.78, 5) is 20.0. The van der Waals surface area contributed by atoms with Gasteiger partial charge in [0.1, 0.15) is 11.2 Å². The summed E-state index contributed by atoms with van der Waals surface area (Å²) < 4.78 is 8.99. The Labute approximate surface area is 203 Å². The summed E-state index contributed by atoms with van der Waals surface area (Å²) in [7, 11) is 3.53. The predicted octanol–water partition coefficient (Wildman–Crippen LogP) is 3.33. The molecule has 1 aliphatic rings. The lowest BCUT2D eigenvalue weighted by Gasteiger charge is -2.30. The van der Waals surface area contributed by atoms with E-state index in [4.69, 9.17) is 10.1 Å². The lowest BCUT2D eigenvalue weighted by Crippen LogP contribution is -2.37. The van der Waals surface area contributed by atoms with Gasteiger partial charge in [-0.15, -0.1) is 0 Å². The van der Waals surface area contributed by atoms with Crippen LogP contribution in [0.15, 0.2) is 61.1 Å². The summed E-state index contributed by atoms with van der Waals surface area (Å²) in [5.41, 5.74) is 6.94. The van der Waals surface area contributed by atoms with Gasteiger partial charge in [-0.1, -0.05) is 6.07 Å². The van der Waals surface area contributed by atoms with E-state index in [1.807, 2.05) is 64.8 Å². The highest BCUT2D eigenvalue weighted by Gasteiger charge is 2.28. The third-order valence-electron chi connectivity index (χ3n) is 6.43. The van der Waals surface area contributed by atoms with E-state index >= 15 is 0 Å². The number of methoxy groups -OCH3 is 1. The molecule has 0 saturated heterocycles. The molecule has 0 radical (unpaired) electrons. The van der Waals surface area contributed by atoms with Crippen LogP contribution in [-0.2, 0) is 26.6 Å². The van der Waals surface area contributed by atoms with E-state index in [0.717, 1.165) is 45.8 Å². The fourth-order valence-electron chi connectivity index (χ4n) is 4.73. The van der Waals surface area contributed by atoms with E-state index in [1.54, 1.807) is 25.4 Å². The van der Waals surface area contributed by atoms with E-state index in [1.165, 1.54) is 0 Å². The highest BCUT2D eigenvalue weighted by atomic mass is 16.5. The maximum atomic E-state index is 13.7. The molecule has 5 rings (SSSR count). The fraction of sp³-hybridized carbons (Fsp3) is 0.259. The molecule has 1 N–H and O–H groups in total. The first-order chi connectivity index (χ1) is 16.9. The molecule has 178 valence electrons. The first-order valence-electron chi connectivity index (χ1n) is 11.6. The van der Waals surface area contributed by atoms with Crippen LogP contribution in [0.25, 0.3) is 11.1 Å².